The monoisotopic (exact) mass is 319 g/mol. The first-order valence-electron chi connectivity index (χ1n) is 7.49. The van der Waals surface area contributed by atoms with Crippen LogP contribution >= 0.6 is 12.4 Å². The molecule has 3 N–H and O–H groups in total. The van der Waals surface area contributed by atoms with Crippen LogP contribution in [-0.4, -0.2) is 22.8 Å². The smallest absolute Gasteiger partial charge is 0.115 e. The lowest BCUT2D eigenvalue weighted by molar-refractivity contribution is 0.168. The zero-order valence-electron chi connectivity index (χ0n) is 12.4. The number of rotatable bonds is 4. The molecule has 2 atom stereocenters. The number of hydrogen-bond donors (Lipinski definition) is 3. The largest absolute Gasteiger partial charge is 0.508 e. The molecule has 0 aliphatic heterocycles. The van der Waals surface area contributed by atoms with Crippen molar-refractivity contribution < 1.29 is 10.2 Å². The third kappa shape index (κ3) is 4.01. The maximum absolute atomic E-state index is 10.2. The van der Waals surface area contributed by atoms with E-state index in [0.717, 1.165) is 24.8 Å². The van der Waals surface area contributed by atoms with Crippen LogP contribution in [0.5, 0.6) is 5.75 Å². The summed E-state index contributed by atoms with van der Waals surface area (Å²) in [4.78, 5) is 0. The number of fused-ring (bicyclic) bond motifs is 1. The minimum absolute atomic E-state index is 0. The summed E-state index contributed by atoms with van der Waals surface area (Å²) < 4.78 is 0. The fourth-order valence-corrected chi connectivity index (χ4v) is 2.99. The summed E-state index contributed by atoms with van der Waals surface area (Å²) in [5.41, 5.74) is 3.49. The summed E-state index contributed by atoms with van der Waals surface area (Å²) in [6, 6.07) is 15.8. The number of phenols is 1. The molecule has 1 aliphatic rings. The maximum Gasteiger partial charge on any atom is 0.115 e. The normalized spacial score (nSPS) is 18.1. The topological polar surface area (TPSA) is 52.5 Å². The minimum atomic E-state index is -0.465. The van der Waals surface area contributed by atoms with Crippen molar-refractivity contribution in [3.8, 4) is 5.75 Å². The molecule has 0 bridgehead atoms. The lowest BCUT2D eigenvalue weighted by Gasteiger charge is -2.26. The average molecular weight is 320 g/mol. The predicted molar refractivity (Wildman–Crippen MR) is 90.6 cm³/mol. The van der Waals surface area contributed by atoms with E-state index in [9.17, 15) is 10.2 Å². The van der Waals surface area contributed by atoms with E-state index in [-0.39, 0.29) is 12.4 Å². The highest BCUT2D eigenvalue weighted by molar-refractivity contribution is 5.85. The van der Waals surface area contributed by atoms with Gasteiger partial charge in [0.25, 0.3) is 0 Å². The highest BCUT2D eigenvalue weighted by Crippen LogP contribution is 2.25. The van der Waals surface area contributed by atoms with Gasteiger partial charge < -0.3 is 15.5 Å². The molecule has 2 aromatic carbocycles. The summed E-state index contributed by atoms with van der Waals surface area (Å²) in [7, 11) is 0. The van der Waals surface area contributed by atoms with Crippen LogP contribution in [0, 0.1) is 0 Å². The highest BCUT2D eigenvalue weighted by atomic mass is 35.5. The molecule has 3 nitrogen and oxygen atoms in total. The molecule has 0 spiro atoms. The Morgan fingerprint density at radius 2 is 1.86 bits per heavy atom. The number of aliphatic hydroxyl groups is 1. The first-order valence-corrected chi connectivity index (χ1v) is 7.49. The molecular weight excluding hydrogens is 298 g/mol. The molecule has 118 valence electrons. The Balaban J connectivity index is 0.00000176. The Kier molecular flexibility index (Phi) is 5.83. The molecule has 0 amide bonds. The van der Waals surface area contributed by atoms with Crippen molar-refractivity contribution in [1.29, 1.82) is 0 Å². The zero-order chi connectivity index (χ0) is 14.7. The van der Waals surface area contributed by atoms with Gasteiger partial charge in [-0.2, -0.15) is 0 Å². The Labute approximate surface area is 137 Å². The molecular formula is C18H22ClNO2. The molecule has 0 aromatic heterocycles. The molecule has 3 rings (SSSR count). The van der Waals surface area contributed by atoms with Crippen molar-refractivity contribution in [2.24, 2.45) is 0 Å². The molecule has 4 heteroatoms. The average Bonchev–Trinajstić information content (AvgIpc) is 2.53. The number of hydrogen-bond acceptors (Lipinski definition) is 3. The van der Waals surface area contributed by atoms with Crippen LogP contribution in [0.15, 0.2) is 48.5 Å². The summed E-state index contributed by atoms with van der Waals surface area (Å²) in [6.45, 7) is 0.572. The number of aromatic hydroxyl groups is 1. The Morgan fingerprint density at radius 3 is 2.64 bits per heavy atom. The first-order chi connectivity index (χ1) is 10.2. The van der Waals surface area contributed by atoms with E-state index < -0.39 is 6.10 Å². The summed E-state index contributed by atoms with van der Waals surface area (Å²) >= 11 is 0. The van der Waals surface area contributed by atoms with Gasteiger partial charge in [0, 0.05) is 12.6 Å². The number of halogens is 1. The van der Waals surface area contributed by atoms with E-state index in [0.29, 0.717) is 18.3 Å². The van der Waals surface area contributed by atoms with Crippen LogP contribution in [0.4, 0.5) is 0 Å². The molecule has 2 unspecified atom stereocenters. The molecule has 2 aromatic rings. The summed E-state index contributed by atoms with van der Waals surface area (Å²) in [6.07, 6.45) is 2.50. The Hall–Kier alpha value is -1.55. The standard InChI is InChI=1S/C18H21NO2.ClH/c20-17-9-7-14-10-16(8-6-15(14)11-17)19-12-18(21)13-4-2-1-3-5-13;/h1-5,7,9,11,16,18-21H,6,8,10,12H2;1H. The Bertz CT molecular complexity index is 603. The van der Waals surface area contributed by atoms with E-state index in [2.05, 4.69) is 5.32 Å². The number of aryl methyl sites for hydroxylation is 1. The van der Waals surface area contributed by atoms with Gasteiger partial charge in [-0.3, -0.25) is 0 Å². The molecule has 0 fully saturated rings. The SMILES string of the molecule is Cl.Oc1ccc2c(c1)CCC(NCC(O)c1ccccc1)C2. The molecule has 22 heavy (non-hydrogen) atoms. The lowest BCUT2D eigenvalue weighted by atomic mass is 9.88. The zero-order valence-corrected chi connectivity index (χ0v) is 13.2. The van der Waals surface area contributed by atoms with Crippen LogP contribution < -0.4 is 5.32 Å². The van der Waals surface area contributed by atoms with E-state index in [1.165, 1.54) is 11.1 Å². The van der Waals surface area contributed by atoms with Crippen LogP contribution in [-0.2, 0) is 12.8 Å². The quantitative estimate of drug-likeness (QED) is 0.812. The Morgan fingerprint density at radius 1 is 1.09 bits per heavy atom. The number of nitrogens with one attached hydrogen (secondary N) is 1. The van der Waals surface area contributed by atoms with E-state index >= 15 is 0 Å². The third-order valence-electron chi connectivity index (χ3n) is 4.20. The van der Waals surface area contributed by atoms with Gasteiger partial charge in [0.1, 0.15) is 5.75 Å². The van der Waals surface area contributed by atoms with Crippen LogP contribution in [0.25, 0.3) is 0 Å². The number of aliphatic hydroxyl groups excluding tert-OH is 1. The van der Waals surface area contributed by atoms with Gasteiger partial charge in [-0.15, -0.1) is 12.4 Å². The molecule has 0 radical (unpaired) electrons. The van der Waals surface area contributed by atoms with Crippen LogP contribution in [0.3, 0.4) is 0 Å². The second-order valence-electron chi connectivity index (χ2n) is 5.73. The van der Waals surface area contributed by atoms with E-state index in [1.807, 2.05) is 42.5 Å². The van der Waals surface area contributed by atoms with Crippen molar-refractivity contribution in [3.05, 3.63) is 65.2 Å². The van der Waals surface area contributed by atoms with Gasteiger partial charge >= 0.3 is 0 Å². The minimum Gasteiger partial charge on any atom is -0.508 e. The lowest BCUT2D eigenvalue weighted by Crippen LogP contribution is -2.37. The van der Waals surface area contributed by atoms with Gasteiger partial charge in [-0.25, -0.2) is 0 Å². The highest BCUT2D eigenvalue weighted by Gasteiger charge is 2.19. The fraction of sp³-hybridized carbons (Fsp3) is 0.333. The van der Waals surface area contributed by atoms with Crippen molar-refractivity contribution in [3.63, 3.8) is 0 Å². The number of phenolic OH excluding ortho intramolecular Hbond substituents is 1. The van der Waals surface area contributed by atoms with Crippen molar-refractivity contribution in [2.45, 2.75) is 31.4 Å². The van der Waals surface area contributed by atoms with E-state index in [1.54, 1.807) is 6.07 Å². The maximum atomic E-state index is 10.2. The summed E-state index contributed by atoms with van der Waals surface area (Å²) in [5.74, 6) is 0.347. The van der Waals surface area contributed by atoms with Gasteiger partial charge in [-0.05, 0) is 48.1 Å². The van der Waals surface area contributed by atoms with Crippen LogP contribution in [0.1, 0.15) is 29.2 Å². The van der Waals surface area contributed by atoms with Gasteiger partial charge in [0.2, 0.25) is 0 Å². The summed E-state index contributed by atoms with van der Waals surface area (Å²) in [5, 5.41) is 23.2. The molecule has 0 saturated carbocycles. The van der Waals surface area contributed by atoms with Gasteiger partial charge in [-0.1, -0.05) is 36.4 Å². The molecule has 1 aliphatic carbocycles. The van der Waals surface area contributed by atoms with Crippen molar-refractivity contribution in [1.82, 2.24) is 5.32 Å². The predicted octanol–water partition coefficient (Wildman–Crippen LogP) is 2.99. The van der Waals surface area contributed by atoms with Gasteiger partial charge in [0.05, 0.1) is 6.10 Å². The number of benzene rings is 2. The molecule has 0 saturated heterocycles. The van der Waals surface area contributed by atoms with Gasteiger partial charge in [0.15, 0.2) is 0 Å². The molecule has 0 heterocycles. The van der Waals surface area contributed by atoms with E-state index in [4.69, 9.17) is 0 Å². The van der Waals surface area contributed by atoms with Crippen molar-refractivity contribution in [2.75, 3.05) is 6.54 Å². The first kappa shape index (κ1) is 16.8. The van der Waals surface area contributed by atoms with Crippen LogP contribution in [0.2, 0.25) is 0 Å². The second kappa shape index (κ2) is 7.63. The third-order valence-corrected chi connectivity index (χ3v) is 4.20. The second-order valence-corrected chi connectivity index (χ2v) is 5.73. The van der Waals surface area contributed by atoms with Crippen molar-refractivity contribution >= 4 is 12.4 Å². The fourth-order valence-electron chi connectivity index (χ4n) is 2.99.